The molecule has 0 spiro atoms. The Bertz CT molecular complexity index is 874. The topological polar surface area (TPSA) is 58.4 Å². The molecule has 25 heavy (non-hydrogen) atoms. The van der Waals surface area contributed by atoms with Crippen LogP contribution in [0.3, 0.4) is 0 Å². The van der Waals surface area contributed by atoms with E-state index in [1.807, 2.05) is 24.3 Å². The Kier molecular flexibility index (Phi) is 4.21. The minimum Gasteiger partial charge on any atom is -0.467 e. The first-order valence-corrected chi connectivity index (χ1v) is 8.44. The van der Waals surface area contributed by atoms with Gasteiger partial charge < -0.3 is 14.6 Å². The summed E-state index contributed by atoms with van der Waals surface area (Å²) in [5, 5.41) is 2.91. The molecule has 1 N–H and O–H groups in total. The second-order valence-electron chi connectivity index (χ2n) is 6.02. The van der Waals surface area contributed by atoms with E-state index in [2.05, 4.69) is 33.4 Å². The molecule has 1 aliphatic rings. The third-order valence-electron chi connectivity index (χ3n) is 4.40. The van der Waals surface area contributed by atoms with Gasteiger partial charge in [-0.25, -0.2) is 4.98 Å². The van der Waals surface area contributed by atoms with Crippen LogP contribution in [0.1, 0.15) is 28.1 Å². The Morgan fingerprint density at radius 1 is 1.16 bits per heavy atom. The molecule has 126 valence electrons. The predicted molar refractivity (Wildman–Crippen MR) is 95.9 cm³/mol. The molecule has 5 heteroatoms. The monoisotopic (exact) mass is 333 g/mol. The molecule has 0 unspecified atom stereocenters. The molecule has 0 aliphatic carbocycles. The van der Waals surface area contributed by atoms with Gasteiger partial charge in [-0.15, -0.1) is 0 Å². The molecule has 3 heterocycles. The van der Waals surface area contributed by atoms with Crippen LogP contribution in [0.5, 0.6) is 0 Å². The quantitative estimate of drug-likeness (QED) is 0.791. The lowest BCUT2D eigenvalue weighted by Gasteiger charge is -2.31. The minimum atomic E-state index is -0.150. The molecule has 0 saturated carbocycles. The van der Waals surface area contributed by atoms with Gasteiger partial charge in [0.05, 0.1) is 18.4 Å². The van der Waals surface area contributed by atoms with Crippen LogP contribution in [0, 0.1) is 0 Å². The summed E-state index contributed by atoms with van der Waals surface area (Å²) in [6.45, 7) is 1.21. The number of carbonyl (C=O) groups excluding carboxylic acids is 1. The van der Waals surface area contributed by atoms with Crippen molar-refractivity contribution < 1.29 is 9.21 Å². The van der Waals surface area contributed by atoms with Gasteiger partial charge in [0, 0.05) is 18.4 Å². The number of nitrogens with zero attached hydrogens (tertiary/aromatic N) is 2. The van der Waals surface area contributed by atoms with Crippen LogP contribution in [0.2, 0.25) is 0 Å². The number of nitrogens with one attached hydrogen (secondary N) is 1. The van der Waals surface area contributed by atoms with Gasteiger partial charge in [0.1, 0.15) is 11.6 Å². The average molecular weight is 333 g/mol. The SMILES string of the molecule is O=C(NCc1ccco1)c1cccnc1N1CCCc2ccccc21. The van der Waals surface area contributed by atoms with Crippen LogP contribution in [-0.2, 0) is 13.0 Å². The van der Waals surface area contributed by atoms with Crippen LogP contribution >= 0.6 is 0 Å². The van der Waals surface area contributed by atoms with E-state index in [4.69, 9.17) is 4.42 Å². The Balaban J connectivity index is 1.62. The summed E-state index contributed by atoms with van der Waals surface area (Å²) >= 11 is 0. The van der Waals surface area contributed by atoms with E-state index in [1.54, 1.807) is 18.5 Å². The number of amides is 1. The lowest BCUT2D eigenvalue weighted by atomic mass is 10.0. The summed E-state index contributed by atoms with van der Waals surface area (Å²) in [6.07, 6.45) is 5.43. The number of furan rings is 1. The molecule has 0 saturated heterocycles. The Morgan fingerprint density at radius 2 is 2.08 bits per heavy atom. The molecule has 0 atom stereocenters. The number of para-hydroxylation sites is 1. The molecule has 3 aromatic rings. The van der Waals surface area contributed by atoms with Crippen molar-refractivity contribution >= 4 is 17.4 Å². The highest BCUT2D eigenvalue weighted by Gasteiger charge is 2.23. The number of pyridine rings is 1. The number of benzene rings is 1. The van der Waals surface area contributed by atoms with Gasteiger partial charge in [-0.3, -0.25) is 4.79 Å². The van der Waals surface area contributed by atoms with Gasteiger partial charge in [0.25, 0.3) is 5.91 Å². The fraction of sp³-hybridized carbons (Fsp3) is 0.200. The first-order valence-electron chi connectivity index (χ1n) is 8.44. The summed E-state index contributed by atoms with van der Waals surface area (Å²) in [5.74, 6) is 1.27. The van der Waals surface area contributed by atoms with E-state index in [9.17, 15) is 4.79 Å². The molecule has 5 nitrogen and oxygen atoms in total. The predicted octanol–water partition coefficient (Wildman–Crippen LogP) is 3.69. The maximum absolute atomic E-state index is 12.7. The molecule has 0 radical (unpaired) electrons. The standard InChI is InChI=1S/C20H19N3O2/c24-20(22-14-16-8-5-13-25-16)17-9-3-11-21-19(17)23-12-4-7-15-6-1-2-10-18(15)23/h1-3,5-6,8-11,13H,4,7,12,14H2,(H,22,24). The largest absolute Gasteiger partial charge is 0.467 e. The summed E-state index contributed by atoms with van der Waals surface area (Å²) < 4.78 is 5.27. The van der Waals surface area contributed by atoms with Crippen molar-refractivity contribution in [2.45, 2.75) is 19.4 Å². The lowest BCUT2D eigenvalue weighted by Crippen LogP contribution is -2.30. The second kappa shape index (κ2) is 6.81. The third kappa shape index (κ3) is 3.13. The van der Waals surface area contributed by atoms with Crippen LogP contribution in [0.4, 0.5) is 11.5 Å². The van der Waals surface area contributed by atoms with Crippen LogP contribution < -0.4 is 10.2 Å². The molecule has 1 aliphatic heterocycles. The van der Waals surface area contributed by atoms with Crippen LogP contribution in [0.15, 0.2) is 65.4 Å². The van der Waals surface area contributed by atoms with Crippen molar-refractivity contribution in [3.05, 3.63) is 77.9 Å². The Labute approximate surface area is 146 Å². The molecule has 0 bridgehead atoms. The zero-order valence-corrected chi connectivity index (χ0v) is 13.8. The summed E-state index contributed by atoms with van der Waals surface area (Å²) in [5.41, 5.74) is 3.00. The van der Waals surface area contributed by atoms with E-state index in [0.717, 1.165) is 30.8 Å². The molecular formula is C20H19N3O2. The van der Waals surface area contributed by atoms with Gasteiger partial charge in [-0.2, -0.15) is 0 Å². The molecule has 1 aromatic carbocycles. The van der Waals surface area contributed by atoms with Gasteiger partial charge in [-0.1, -0.05) is 18.2 Å². The number of fused-ring (bicyclic) bond motifs is 1. The summed E-state index contributed by atoms with van der Waals surface area (Å²) in [4.78, 5) is 19.3. The lowest BCUT2D eigenvalue weighted by molar-refractivity contribution is 0.0948. The Hall–Kier alpha value is -3.08. The van der Waals surface area contributed by atoms with Crippen LogP contribution in [-0.4, -0.2) is 17.4 Å². The zero-order chi connectivity index (χ0) is 17.1. The van der Waals surface area contributed by atoms with Crippen molar-refractivity contribution in [1.82, 2.24) is 10.3 Å². The number of aryl methyl sites for hydroxylation is 1. The highest BCUT2D eigenvalue weighted by atomic mass is 16.3. The summed E-state index contributed by atoms with van der Waals surface area (Å²) in [6, 6.07) is 15.6. The second-order valence-corrected chi connectivity index (χ2v) is 6.02. The number of hydrogen-bond acceptors (Lipinski definition) is 4. The zero-order valence-electron chi connectivity index (χ0n) is 13.8. The molecule has 4 rings (SSSR count). The number of anilines is 2. The maximum atomic E-state index is 12.7. The highest BCUT2D eigenvalue weighted by molar-refractivity contribution is 5.99. The van der Waals surface area contributed by atoms with Gasteiger partial charge in [0.15, 0.2) is 0 Å². The maximum Gasteiger partial charge on any atom is 0.255 e. The fourth-order valence-corrected chi connectivity index (χ4v) is 3.22. The van der Waals surface area contributed by atoms with E-state index in [0.29, 0.717) is 17.9 Å². The third-order valence-corrected chi connectivity index (χ3v) is 4.40. The number of carbonyl (C=O) groups is 1. The number of aromatic nitrogens is 1. The first-order chi connectivity index (χ1) is 12.3. The van der Waals surface area contributed by atoms with E-state index in [-0.39, 0.29) is 5.91 Å². The van der Waals surface area contributed by atoms with E-state index < -0.39 is 0 Å². The van der Waals surface area contributed by atoms with Crippen molar-refractivity contribution in [1.29, 1.82) is 0 Å². The van der Waals surface area contributed by atoms with Crippen molar-refractivity contribution in [2.24, 2.45) is 0 Å². The van der Waals surface area contributed by atoms with Crippen LogP contribution in [0.25, 0.3) is 0 Å². The van der Waals surface area contributed by atoms with E-state index in [1.165, 1.54) is 5.56 Å². The average Bonchev–Trinajstić information content (AvgIpc) is 3.19. The fourth-order valence-electron chi connectivity index (χ4n) is 3.22. The van der Waals surface area contributed by atoms with Gasteiger partial charge >= 0.3 is 0 Å². The number of rotatable bonds is 4. The van der Waals surface area contributed by atoms with E-state index >= 15 is 0 Å². The smallest absolute Gasteiger partial charge is 0.255 e. The molecule has 2 aromatic heterocycles. The molecule has 0 fully saturated rings. The minimum absolute atomic E-state index is 0.150. The number of hydrogen-bond donors (Lipinski definition) is 1. The first kappa shape index (κ1) is 15.4. The van der Waals surface area contributed by atoms with Gasteiger partial charge in [-0.05, 0) is 48.7 Å². The molecular weight excluding hydrogens is 314 g/mol. The van der Waals surface area contributed by atoms with Crippen molar-refractivity contribution in [3.8, 4) is 0 Å². The van der Waals surface area contributed by atoms with Crippen molar-refractivity contribution in [2.75, 3.05) is 11.4 Å². The molecule has 1 amide bonds. The summed E-state index contributed by atoms with van der Waals surface area (Å²) in [7, 11) is 0. The highest BCUT2D eigenvalue weighted by Crippen LogP contribution is 2.33. The Morgan fingerprint density at radius 3 is 2.96 bits per heavy atom. The van der Waals surface area contributed by atoms with Gasteiger partial charge in [0.2, 0.25) is 0 Å². The normalized spacial score (nSPS) is 13.4. The van der Waals surface area contributed by atoms with Crippen molar-refractivity contribution in [3.63, 3.8) is 0 Å².